The van der Waals surface area contributed by atoms with Gasteiger partial charge in [-0.15, -0.1) is 0 Å². The molecule has 0 unspecified atom stereocenters. The van der Waals surface area contributed by atoms with E-state index in [0.29, 0.717) is 15.9 Å². The molecule has 0 bridgehead atoms. The zero-order valence-electron chi connectivity index (χ0n) is 11.0. The second kappa shape index (κ2) is 6.55. The van der Waals surface area contributed by atoms with Gasteiger partial charge < -0.3 is 21.3 Å². The minimum absolute atomic E-state index is 0.212. The highest BCUT2D eigenvalue weighted by Crippen LogP contribution is 2.25. The van der Waals surface area contributed by atoms with Gasteiger partial charge >= 0.3 is 0 Å². The predicted octanol–water partition coefficient (Wildman–Crippen LogP) is 1.76. The molecule has 0 aliphatic rings. The van der Waals surface area contributed by atoms with Crippen LogP contribution in [0.2, 0.25) is 0 Å². The van der Waals surface area contributed by atoms with Crippen LogP contribution in [0.25, 0.3) is 0 Å². The van der Waals surface area contributed by atoms with E-state index in [4.69, 9.17) is 5.73 Å². The third-order valence-electron chi connectivity index (χ3n) is 2.85. The third kappa shape index (κ3) is 3.93. The van der Waals surface area contributed by atoms with Gasteiger partial charge in [0.25, 0.3) is 0 Å². The number of anilines is 1. The number of pyridine rings is 1. The Labute approximate surface area is 129 Å². The number of phenolic OH excluding ortho intramolecular Hbond substituents is 2. The zero-order chi connectivity index (χ0) is 15.4. The van der Waals surface area contributed by atoms with Gasteiger partial charge in [0.1, 0.15) is 4.60 Å². The van der Waals surface area contributed by atoms with Crippen molar-refractivity contribution in [3.63, 3.8) is 0 Å². The first-order valence-corrected chi connectivity index (χ1v) is 6.94. The number of nitrogens with zero attached hydrogens (tertiary/aromatic N) is 1. The average molecular weight is 352 g/mol. The molecule has 0 saturated heterocycles. The topological polar surface area (TPSA) is 108 Å². The van der Waals surface area contributed by atoms with Gasteiger partial charge in [-0.3, -0.25) is 4.79 Å². The van der Waals surface area contributed by atoms with Gasteiger partial charge in [-0.2, -0.15) is 0 Å². The summed E-state index contributed by atoms with van der Waals surface area (Å²) in [7, 11) is 0. The molecule has 0 radical (unpaired) electrons. The van der Waals surface area contributed by atoms with Crippen LogP contribution >= 0.6 is 15.9 Å². The number of phenols is 2. The minimum Gasteiger partial charge on any atom is -0.504 e. The molecule has 2 rings (SSSR count). The number of benzene rings is 1. The number of aromatic nitrogens is 1. The summed E-state index contributed by atoms with van der Waals surface area (Å²) in [6.45, 7) is 0. The normalized spacial score (nSPS) is 11.9. The van der Waals surface area contributed by atoms with Crippen molar-refractivity contribution >= 4 is 27.5 Å². The van der Waals surface area contributed by atoms with E-state index in [0.717, 1.165) is 0 Å². The van der Waals surface area contributed by atoms with Crippen molar-refractivity contribution in [3.8, 4) is 11.5 Å². The maximum absolute atomic E-state index is 12.0. The third-order valence-corrected chi connectivity index (χ3v) is 3.48. The molecule has 1 aromatic heterocycles. The van der Waals surface area contributed by atoms with Crippen molar-refractivity contribution in [3.05, 3.63) is 46.7 Å². The van der Waals surface area contributed by atoms with Crippen molar-refractivity contribution in [2.75, 3.05) is 5.32 Å². The molecule has 0 fully saturated rings. The molecule has 1 aromatic carbocycles. The summed E-state index contributed by atoms with van der Waals surface area (Å²) in [5.41, 5.74) is 7.03. The quantitative estimate of drug-likeness (QED) is 0.495. The Kier molecular flexibility index (Phi) is 4.77. The fraction of sp³-hybridized carbons (Fsp3) is 0.143. The van der Waals surface area contributed by atoms with E-state index < -0.39 is 6.04 Å². The molecule has 110 valence electrons. The van der Waals surface area contributed by atoms with E-state index in [1.54, 1.807) is 24.4 Å². The van der Waals surface area contributed by atoms with Gasteiger partial charge in [-0.25, -0.2) is 4.98 Å². The summed E-state index contributed by atoms with van der Waals surface area (Å²) >= 11 is 3.23. The smallest absolute Gasteiger partial charge is 0.241 e. The van der Waals surface area contributed by atoms with E-state index in [-0.39, 0.29) is 23.8 Å². The highest BCUT2D eigenvalue weighted by atomic mass is 79.9. The van der Waals surface area contributed by atoms with Crippen LogP contribution in [-0.4, -0.2) is 27.1 Å². The SMILES string of the molecule is N[C@@H](Cc1ccc(O)c(O)c1)C(=O)Nc1cccnc1Br. The molecule has 0 aliphatic carbocycles. The van der Waals surface area contributed by atoms with Gasteiger partial charge in [0.2, 0.25) is 5.91 Å². The summed E-state index contributed by atoms with van der Waals surface area (Å²) < 4.78 is 0.521. The fourth-order valence-electron chi connectivity index (χ4n) is 1.75. The molecular formula is C14H14BrN3O3. The second-order valence-electron chi connectivity index (χ2n) is 4.46. The second-order valence-corrected chi connectivity index (χ2v) is 5.22. The lowest BCUT2D eigenvalue weighted by atomic mass is 10.1. The standard InChI is InChI=1S/C14H14BrN3O3/c15-13-10(2-1-5-17-13)18-14(21)9(16)6-8-3-4-11(19)12(20)7-8/h1-5,7,9,19-20H,6,16H2,(H,18,21)/t9-/m0/s1. The van der Waals surface area contributed by atoms with Gasteiger partial charge in [0.15, 0.2) is 11.5 Å². The van der Waals surface area contributed by atoms with Gasteiger partial charge in [-0.05, 0) is 52.2 Å². The van der Waals surface area contributed by atoms with Crippen LogP contribution in [0.1, 0.15) is 5.56 Å². The van der Waals surface area contributed by atoms with Crippen LogP contribution < -0.4 is 11.1 Å². The van der Waals surface area contributed by atoms with Crippen molar-refractivity contribution < 1.29 is 15.0 Å². The molecule has 5 N–H and O–H groups in total. The lowest BCUT2D eigenvalue weighted by molar-refractivity contribution is -0.117. The molecule has 2 aromatic rings. The van der Waals surface area contributed by atoms with Crippen molar-refractivity contribution in [2.45, 2.75) is 12.5 Å². The predicted molar refractivity (Wildman–Crippen MR) is 82.0 cm³/mol. The Balaban J connectivity index is 2.02. The maximum Gasteiger partial charge on any atom is 0.241 e. The van der Waals surface area contributed by atoms with Gasteiger partial charge in [0.05, 0.1) is 11.7 Å². The number of nitrogens with one attached hydrogen (secondary N) is 1. The van der Waals surface area contributed by atoms with Crippen LogP contribution in [0, 0.1) is 0 Å². The van der Waals surface area contributed by atoms with Crippen molar-refractivity contribution in [2.24, 2.45) is 5.73 Å². The number of halogens is 1. The molecular weight excluding hydrogens is 338 g/mol. The number of aromatic hydroxyl groups is 2. The number of amides is 1. The monoisotopic (exact) mass is 351 g/mol. The van der Waals surface area contributed by atoms with Crippen molar-refractivity contribution in [1.29, 1.82) is 0 Å². The largest absolute Gasteiger partial charge is 0.504 e. The Morgan fingerprint density at radius 2 is 2.10 bits per heavy atom. The molecule has 0 saturated carbocycles. The van der Waals surface area contributed by atoms with E-state index >= 15 is 0 Å². The molecule has 7 heteroatoms. The number of hydrogen-bond acceptors (Lipinski definition) is 5. The van der Waals surface area contributed by atoms with Crippen LogP contribution in [0.3, 0.4) is 0 Å². The highest BCUT2D eigenvalue weighted by Gasteiger charge is 2.16. The Morgan fingerprint density at radius 3 is 2.76 bits per heavy atom. The van der Waals surface area contributed by atoms with Crippen LogP contribution in [-0.2, 0) is 11.2 Å². The molecule has 1 heterocycles. The summed E-state index contributed by atoms with van der Waals surface area (Å²) in [4.78, 5) is 16.0. The first-order valence-electron chi connectivity index (χ1n) is 6.15. The Morgan fingerprint density at radius 1 is 1.33 bits per heavy atom. The summed E-state index contributed by atoms with van der Waals surface area (Å²) in [6, 6.07) is 6.94. The highest BCUT2D eigenvalue weighted by molar-refractivity contribution is 9.10. The van der Waals surface area contributed by atoms with Gasteiger partial charge in [-0.1, -0.05) is 6.07 Å². The number of carbonyl (C=O) groups excluding carboxylic acids is 1. The summed E-state index contributed by atoms with van der Waals surface area (Å²) in [6.07, 6.45) is 1.83. The average Bonchev–Trinajstić information content (AvgIpc) is 2.45. The lowest BCUT2D eigenvalue weighted by Gasteiger charge is -2.13. The molecule has 0 spiro atoms. The maximum atomic E-state index is 12.0. The lowest BCUT2D eigenvalue weighted by Crippen LogP contribution is -2.37. The Bertz CT molecular complexity index is 664. The number of carbonyl (C=O) groups is 1. The molecule has 0 aliphatic heterocycles. The zero-order valence-corrected chi connectivity index (χ0v) is 12.5. The Hall–Kier alpha value is -2.12. The number of rotatable bonds is 4. The van der Waals surface area contributed by atoms with E-state index in [2.05, 4.69) is 26.2 Å². The molecule has 1 amide bonds. The molecule has 6 nitrogen and oxygen atoms in total. The van der Waals surface area contributed by atoms with Crippen molar-refractivity contribution in [1.82, 2.24) is 4.98 Å². The summed E-state index contributed by atoms with van der Waals surface area (Å²) in [5, 5.41) is 21.3. The number of nitrogens with two attached hydrogens (primary N) is 1. The first-order chi connectivity index (χ1) is 9.97. The first kappa shape index (κ1) is 15.3. The van der Waals surface area contributed by atoms with E-state index in [1.165, 1.54) is 12.1 Å². The van der Waals surface area contributed by atoms with Crippen LogP contribution in [0.15, 0.2) is 41.1 Å². The van der Waals surface area contributed by atoms with E-state index in [1.807, 2.05) is 0 Å². The van der Waals surface area contributed by atoms with Crippen LogP contribution in [0.5, 0.6) is 11.5 Å². The van der Waals surface area contributed by atoms with Crippen LogP contribution in [0.4, 0.5) is 5.69 Å². The molecule has 1 atom stereocenters. The fourth-order valence-corrected chi connectivity index (χ4v) is 2.10. The minimum atomic E-state index is -0.791. The van der Waals surface area contributed by atoms with E-state index in [9.17, 15) is 15.0 Å². The van der Waals surface area contributed by atoms with Gasteiger partial charge in [0, 0.05) is 6.20 Å². The number of hydrogen-bond donors (Lipinski definition) is 4. The molecule has 21 heavy (non-hydrogen) atoms. The summed E-state index contributed by atoms with van der Waals surface area (Å²) in [5.74, 6) is -0.817.